The molecule has 22 heavy (non-hydrogen) atoms. The van der Waals surface area contributed by atoms with E-state index in [0.29, 0.717) is 26.2 Å². The van der Waals surface area contributed by atoms with Crippen LogP contribution in [-0.2, 0) is 11.3 Å². The van der Waals surface area contributed by atoms with Gasteiger partial charge in [0.05, 0.1) is 30.4 Å². The molecule has 2 atom stereocenters. The Morgan fingerprint density at radius 1 is 1.64 bits per heavy atom. The van der Waals surface area contributed by atoms with Gasteiger partial charge in [-0.3, -0.25) is 0 Å². The van der Waals surface area contributed by atoms with Crippen molar-refractivity contribution in [2.45, 2.75) is 32.0 Å². The van der Waals surface area contributed by atoms with E-state index in [4.69, 9.17) is 16.3 Å². The molecule has 1 aromatic rings. The number of urea groups is 1. The Labute approximate surface area is 134 Å². The number of halogens is 2. The Hall–Kier alpha value is -1.37. The highest BCUT2D eigenvalue weighted by Crippen LogP contribution is 2.16. The summed E-state index contributed by atoms with van der Waals surface area (Å²) in [5.41, 5.74) is 0.722. The lowest BCUT2D eigenvalue weighted by molar-refractivity contribution is -0.00437. The zero-order chi connectivity index (χ0) is 16.1. The molecule has 122 valence electrons. The molecule has 1 aromatic carbocycles. The molecule has 0 spiro atoms. The number of carbonyl (C=O) groups is 1. The van der Waals surface area contributed by atoms with Crippen LogP contribution in [0.15, 0.2) is 18.2 Å². The van der Waals surface area contributed by atoms with Crippen LogP contribution in [0.25, 0.3) is 0 Å². The second-order valence-electron chi connectivity index (χ2n) is 5.41. The molecule has 2 unspecified atom stereocenters. The molecule has 2 amide bonds. The first-order valence-electron chi connectivity index (χ1n) is 7.21. The van der Waals surface area contributed by atoms with Crippen molar-refractivity contribution < 1.29 is 19.0 Å². The molecule has 0 radical (unpaired) electrons. The van der Waals surface area contributed by atoms with E-state index < -0.39 is 11.9 Å². The van der Waals surface area contributed by atoms with E-state index in [1.807, 2.05) is 0 Å². The number of amides is 2. The van der Waals surface area contributed by atoms with Gasteiger partial charge in [-0.05, 0) is 31.0 Å². The largest absolute Gasteiger partial charge is 0.393 e. The van der Waals surface area contributed by atoms with Gasteiger partial charge < -0.3 is 20.1 Å². The first kappa shape index (κ1) is 17.0. The molecule has 1 aliphatic rings. The Kier molecular flexibility index (Phi) is 5.99. The van der Waals surface area contributed by atoms with Crippen molar-refractivity contribution >= 4 is 17.6 Å². The van der Waals surface area contributed by atoms with E-state index in [2.05, 4.69) is 5.32 Å². The molecule has 0 aliphatic carbocycles. The van der Waals surface area contributed by atoms with Gasteiger partial charge in [-0.15, -0.1) is 0 Å². The van der Waals surface area contributed by atoms with Crippen LogP contribution in [-0.4, -0.2) is 47.9 Å². The van der Waals surface area contributed by atoms with Gasteiger partial charge in [0, 0.05) is 13.1 Å². The first-order valence-corrected chi connectivity index (χ1v) is 7.59. The molecule has 1 aliphatic heterocycles. The Bertz CT molecular complexity index is 528. The van der Waals surface area contributed by atoms with E-state index in [9.17, 15) is 14.3 Å². The maximum Gasteiger partial charge on any atom is 0.318 e. The lowest BCUT2D eigenvalue weighted by Gasteiger charge is -2.36. The maximum absolute atomic E-state index is 13.1. The minimum atomic E-state index is -0.502. The average molecular weight is 331 g/mol. The van der Waals surface area contributed by atoms with Crippen molar-refractivity contribution in [2.75, 3.05) is 19.8 Å². The lowest BCUT2D eigenvalue weighted by Crippen LogP contribution is -2.53. The van der Waals surface area contributed by atoms with E-state index >= 15 is 0 Å². The Morgan fingerprint density at radius 2 is 2.41 bits per heavy atom. The van der Waals surface area contributed by atoms with Crippen molar-refractivity contribution in [1.29, 1.82) is 0 Å². The normalized spacial score (nSPS) is 19.8. The molecule has 7 heteroatoms. The highest BCUT2D eigenvalue weighted by Gasteiger charge is 2.28. The van der Waals surface area contributed by atoms with Gasteiger partial charge in [0.2, 0.25) is 0 Å². The molecular formula is C15H20ClFN2O3. The highest BCUT2D eigenvalue weighted by molar-refractivity contribution is 6.30. The van der Waals surface area contributed by atoms with Crippen molar-refractivity contribution in [3.8, 4) is 0 Å². The molecule has 1 heterocycles. The monoisotopic (exact) mass is 330 g/mol. The van der Waals surface area contributed by atoms with Gasteiger partial charge in [0.1, 0.15) is 5.82 Å². The van der Waals surface area contributed by atoms with Crippen LogP contribution < -0.4 is 5.32 Å². The molecule has 5 nitrogen and oxygen atoms in total. The van der Waals surface area contributed by atoms with Gasteiger partial charge >= 0.3 is 6.03 Å². The number of benzene rings is 1. The molecule has 0 saturated carbocycles. The van der Waals surface area contributed by atoms with Gasteiger partial charge in [-0.2, -0.15) is 0 Å². The summed E-state index contributed by atoms with van der Waals surface area (Å²) in [4.78, 5) is 14.0. The molecule has 2 N–H and O–H groups in total. The summed E-state index contributed by atoms with van der Waals surface area (Å²) in [5, 5.41) is 12.3. The van der Waals surface area contributed by atoms with E-state index in [0.717, 1.165) is 5.56 Å². The number of ether oxygens (including phenoxy) is 1. The second-order valence-corrected chi connectivity index (χ2v) is 5.82. The predicted molar refractivity (Wildman–Crippen MR) is 81.3 cm³/mol. The lowest BCUT2D eigenvalue weighted by atomic mass is 10.1. The summed E-state index contributed by atoms with van der Waals surface area (Å²) < 4.78 is 18.5. The van der Waals surface area contributed by atoms with Crippen molar-refractivity contribution in [2.24, 2.45) is 0 Å². The molecule has 1 saturated heterocycles. The second kappa shape index (κ2) is 7.76. The SMILES string of the molecule is CC(O)CC1COCCN1C(=O)NCc1ccc(F)c(Cl)c1. The van der Waals surface area contributed by atoms with Crippen LogP contribution in [0, 0.1) is 5.82 Å². The third-order valence-corrected chi connectivity index (χ3v) is 3.82. The number of rotatable bonds is 4. The van der Waals surface area contributed by atoms with Crippen molar-refractivity contribution in [1.82, 2.24) is 10.2 Å². The van der Waals surface area contributed by atoms with Gasteiger partial charge in [-0.1, -0.05) is 17.7 Å². The van der Waals surface area contributed by atoms with Gasteiger partial charge in [0.25, 0.3) is 0 Å². The van der Waals surface area contributed by atoms with Crippen molar-refractivity contribution in [3.63, 3.8) is 0 Å². The van der Waals surface area contributed by atoms with Gasteiger partial charge in [0.15, 0.2) is 0 Å². The zero-order valence-electron chi connectivity index (χ0n) is 12.4. The van der Waals surface area contributed by atoms with Gasteiger partial charge in [-0.25, -0.2) is 9.18 Å². The minimum Gasteiger partial charge on any atom is -0.393 e. The summed E-state index contributed by atoms with van der Waals surface area (Å²) in [5.74, 6) is -0.484. The Balaban J connectivity index is 1.93. The summed E-state index contributed by atoms with van der Waals surface area (Å²) in [7, 11) is 0. The number of hydrogen-bond donors (Lipinski definition) is 2. The smallest absolute Gasteiger partial charge is 0.318 e. The topological polar surface area (TPSA) is 61.8 Å². The molecule has 2 rings (SSSR count). The molecular weight excluding hydrogens is 311 g/mol. The molecule has 1 fully saturated rings. The Morgan fingerprint density at radius 3 is 3.09 bits per heavy atom. The van der Waals surface area contributed by atoms with E-state index in [1.165, 1.54) is 12.1 Å². The van der Waals surface area contributed by atoms with E-state index in [-0.39, 0.29) is 23.6 Å². The minimum absolute atomic E-state index is 0.0325. The summed E-state index contributed by atoms with van der Waals surface area (Å²) in [6.45, 7) is 3.32. The number of aliphatic hydroxyl groups excluding tert-OH is 1. The average Bonchev–Trinajstić information content (AvgIpc) is 2.48. The van der Waals surface area contributed by atoms with Crippen LogP contribution >= 0.6 is 11.6 Å². The van der Waals surface area contributed by atoms with E-state index in [1.54, 1.807) is 17.9 Å². The number of hydrogen-bond acceptors (Lipinski definition) is 3. The fourth-order valence-corrected chi connectivity index (χ4v) is 2.64. The quantitative estimate of drug-likeness (QED) is 0.889. The molecule has 0 aromatic heterocycles. The third kappa shape index (κ3) is 4.56. The highest BCUT2D eigenvalue weighted by atomic mass is 35.5. The van der Waals surface area contributed by atoms with Crippen LogP contribution in [0.3, 0.4) is 0 Å². The number of aliphatic hydroxyl groups is 1. The van der Waals surface area contributed by atoms with Crippen molar-refractivity contribution in [3.05, 3.63) is 34.6 Å². The number of carbonyl (C=O) groups excluding carboxylic acids is 1. The van der Waals surface area contributed by atoms with Crippen LogP contribution in [0.5, 0.6) is 0 Å². The van der Waals surface area contributed by atoms with Crippen LogP contribution in [0.2, 0.25) is 5.02 Å². The van der Waals surface area contributed by atoms with Crippen LogP contribution in [0.1, 0.15) is 18.9 Å². The first-order chi connectivity index (χ1) is 10.5. The zero-order valence-corrected chi connectivity index (χ0v) is 13.1. The number of nitrogens with zero attached hydrogens (tertiary/aromatic N) is 1. The molecule has 0 bridgehead atoms. The number of nitrogens with one attached hydrogen (secondary N) is 1. The predicted octanol–water partition coefficient (Wildman–Crippen LogP) is 2.16. The summed E-state index contributed by atoms with van der Waals surface area (Å²) in [6, 6.07) is 3.96. The number of morpholine rings is 1. The summed E-state index contributed by atoms with van der Waals surface area (Å²) in [6.07, 6.45) is -0.0339. The standard InChI is InChI=1S/C15H20ClFN2O3/c1-10(20)6-12-9-22-5-4-19(12)15(21)18-8-11-2-3-14(17)13(16)7-11/h2-3,7,10,12,20H,4-6,8-9H2,1H3,(H,18,21). The van der Waals surface area contributed by atoms with Crippen LogP contribution in [0.4, 0.5) is 9.18 Å². The summed E-state index contributed by atoms with van der Waals surface area (Å²) >= 11 is 5.72. The fraction of sp³-hybridized carbons (Fsp3) is 0.533. The third-order valence-electron chi connectivity index (χ3n) is 3.53. The fourth-order valence-electron chi connectivity index (χ4n) is 2.44. The maximum atomic E-state index is 13.1.